The van der Waals surface area contributed by atoms with Crippen LogP contribution in [0.2, 0.25) is 0 Å². The fourth-order valence-corrected chi connectivity index (χ4v) is 5.48. The van der Waals surface area contributed by atoms with Gasteiger partial charge in [-0.3, -0.25) is 9.78 Å². The van der Waals surface area contributed by atoms with E-state index >= 15 is 0 Å². The maximum absolute atomic E-state index is 14.3. The molecule has 2 aliphatic carbocycles. The largest absolute Gasteiger partial charge is 0.389 e. The van der Waals surface area contributed by atoms with Gasteiger partial charge in [0, 0.05) is 30.2 Å². The first-order valence-electron chi connectivity index (χ1n) is 12.0. The molecule has 2 aromatic carbocycles. The van der Waals surface area contributed by atoms with Crippen molar-refractivity contribution in [3.63, 3.8) is 0 Å². The second-order valence-electron chi connectivity index (χ2n) is 10.1. The van der Waals surface area contributed by atoms with Crippen LogP contribution in [-0.2, 0) is 5.41 Å². The van der Waals surface area contributed by atoms with Gasteiger partial charge in [0.05, 0.1) is 28.2 Å². The quantitative estimate of drug-likeness (QED) is 0.602. The lowest BCUT2D eigenvalue weighted by Crippen LogP contribution is -2.47. The normalized spacial score (nSPS) is 20.7. The summed E-state index contributed by atoms with van der Waals surface area (Å²) in [5.41, 5.74) is 2.44. The van der Waals surface area contributed by atoms with Gasteiger partial charge in [0.25, 0.3) is 5.91 Å². The predicted octanol–water partition coefficient (Wildman–Crippen LogP) is 4.97. The van der Waals surface area contributed by atoms with Crippen LogP contribution in [0.3, 0.4) is 0 Å². The molecule has 172 valence electrons. The summed E-state index contributed by atoms with van der Waals surface area (Å²) < 4.78 is 14.3. The molecule has 3 aromatic rings. The first-order chi connectivity index (χ1) is 16.4. The number of nitrogens with zero attached hydrogens (tertiary/aromatic N) is 3. The van der Waals surface area contributed by atoms with Gasteiger partial charge >= 0.3 is 0 Å². The number of pyridine rings is 1. The number of aliphatic hydroxyl groups is 1. The van der Waals surface area contributed by atoms with Crippen molar-refractivity contribution in [3.8, 4) is 17.2 Å². The van der Waals surface area contributed by atoms with Gasteiger partial charge in [0.1, 0.15) is 5.82 Å². The zero-order valence-corrected chi connectivity index (χ0v) is 18.9. The van der Waals surface area contributed by atoms with Crippen LogP contribution in [0.5, 0.6) is 0 Å². The van der Waals surface area contributed by atoms with Gasteiger partial charge in [-0.15, -0.1) is 0 Å². The topological polar surface area (TPSA) is 77.2 Å². The Balaban J connectivity index is 1.39. The Bertz CT molecular complexity index is 1330. The van der Waals surface area contributed by atoms with Crippen LogP contribution >= 0.6 is 0 Å². The highest BCUT2D eigenvalue weighted by molar-refractivity contribution is 6.08. The molecule has 1 amide bonds. The number of hydrogen-bond donors (Lipinski definition) is 1. The second-order valence-corrected chi connectivity index (χ2v) is 10.1. The Hall–Kier alpha value is -3.30. The highest BCUT2D eigenvalue weighted by Crippen LogP contribution is 2.48. The molecular formula is C28H26FN3O2. The van der Waals surface area contributed by atoms with E-state index in [-0.39, 0.29) is 11.7 Å². The number of halogens is 1. The molecule has 6 rings (SSSR count). The van der Waals surface area contributed by atoms with Crippen LogP contribution in [0.1, 0.15) is 54.4 Å². The van der Waals surface area contributed by atoms with Crippen molar-refractivity contribution in [2.75, 3.05) is 13.1 Å². The summed E-state index contributed by atoms with van der Waals surface area (Å²) in [6.07, 6.45) is 6.61. The molecule has 1 aromatic heterocycles. The third-order valence-corrected chi connectivity index (χ3v) is 8.00. The Morgan fingerprint density at radius 1 is 1.09 bits per heavy atom. The van der Waals surface area contributed by atoms with Crippen LogP contribution in [0, 0.1) is 23.1 Å². The number of carbonyl (C=O) groups is 1. The average molecular weight is 456 g/mol. The minimum atomic E-state index is -0.653. The molecule has 2 saturated carbocycles. The van der Waals surface area contributed by atoms with Crippen molar-refractivity contribution in [2.45, 2.75) is 49.5 Å². The van der Waals surface area contributed by atoms with Crippen molar-refractivity contribution in [1.29, 1.82) is 5.26 Å². The number of carbonyl (C=O) groups excluding carboxylic acids is 1. The number of nitriles is 1. The molecule has 34 heavy (non-hydrogen) atoms. The number of amides is 1. The van der Waals surface area contributed by atoms with Gasteiger partial charge in [0.2, 0.25) is 0 Å². The summed E-state index contributed by atoms with van der Waals surface area (Å²) in [4.78, 5) is 19.9. The lowest BCUT2D eigenvalue weighted by Gasteiger charge is -2.38. The van der Waals surface area contributed by atoms with Crippen molar-refractivity contribution >= 4 is 16.8 Å². The highest BCUT2D eigenvalue weighted by atomic mass is 19.1. The van der Waals surface area contributed by atoms with E-state index in [2.05, 4.69) is 11.1 Å². The van der Waals surface area contributed by atoms with Crippen molar-refractivity contribution in [1.82, 2.24) is 9.88 Å². The Labute approximate surface area is 197 Å². The standard InChI is InChI=1S/C28H26FN3O2/c29-21-7-8-24-22(15-21)25(18-1-3-19(4-2-18)27(17-30)9-10-27)23(16-31-24)26(33)32-13-11-28(34,12-14-32)20-5-6-20/h1-4,7-8,15-16,20,34H,5-6,9-14H2. The fourth-order valence-electron chi connectivity index (χ4n) is 5.48. The summed E-state index contributed by atoms with van der Waals surface area (Å²) in [6.45, 7) is 0.992. The third kappa shape index (κ3) is 3.47. The summed E-state index contributed by atoms with van der Waals surface area (Å²) in [5.74, 6) is -0.163. The van der Waals surface area contributed by atoms with Crippen LogP contribution in [0.4, 0.5) is 4.39 Å². The molecule has 3 fully saturated rings. The maximum Gasteiger partial charge on any atom is 0.256 e. The van der Waals surface area contributed by atoms with E-state index in [0.29, 0.717) is 53.9 Å². The smallest absolute Gasteiger partial charge is 0.256 e. The van der Waals surface area contributed by atoms with Gasteiger partial charge in [0.15, 0.2) is 0 Å². The molecule has 1 saturated heterocycles. The average Bonchev–Trinajstić information content (AvgIpc) is 3.77. The molecule has 0 spiro atoms. The maximum atomic E-state index is 14.3. The third-order valence-electron chi connectivity index (χ3n) is 8.00. The predicted molar refractivity (Wildman–Crippen MR) is 126 cm³/mol. The molecule has 0 bridgehead atoms. The van der Waals surface area contributed by atoms with Gasteiger partial charge < -0.3 is 10.0 Å². The van der Waals surface area contributed by atoms with Crippen LogP contribution < -0.4 is 0 Å². The van der Waals surface area contributed by atoms with Crippen molar-refractivity contribution in [3.05, 3.63) is 65.6 Å². The van der Waals surface area contributed by atoms with Crippen LogP contribution in [0.25, 0.3) is 22.0 Å². The molecule has 0 unspecified atom stereocenters. The van der Waals surface area contributed by atoms with Gasteiger partial charge in [-0.2, -0.15) is 5.26 Å². The molecule has 0 atom stereocenters. The zero-order valence-electron chi connectivity index (χ0n) is 18.9. The van der Waals surface area contributed by atoms with E-state index in [0.717, 1.165) is 36.8 Å². The van der Waals surface area contributed by atoms with E-state index in [1.807, 2.05) is 24.3 Å². The number of fused-ring (bicyclic) bond motifs is 1. The first kappa shape index (κ1) is 21.2. The Morgan fingerprint density at radius 2 is 1.79 bits per heavy atom. The number of aromatic nitrogens is 1. The SMILES string of the molecule is N#CC1(c2ccc(-c3c(C(=O)N4CCC(O)(C5CC5)CC4)cnc4ccc(F)cc34)cc2)CC1. The number of likely N-dealkylation sites (tertiary alicyclic amines) is 1. The van der Waals surface area contributed by atoms with Crippen LogP contribution in [0.15, 0.2) is 48.7 Å². The Morgan fingerprint density at radius 3 is 2.41 bits per heavy atom. The summed E-state index contributed by atoms with van der Waals surface area (Å²) in [5, 5.41) is 21.0. The summed E-state index contributed by atoms with van der Waals surface area (Å²) >= 11 is 0. The lowest BCUT2D eigenvalue weighted by molar-refractivity contribution is -0.0339. The number of hydrogen-bond acceptors (Lipinski definition) is 4. The van der Waals surface area contributed by atoms with Gasteiger partial charge in [-0.25, -0.2) is 4.39 Å². The number of rotatable bonds is 4. The van der Waals surface area contributed by atoms with Crippen molar-refractivity contribution < 1.29 is 14.3 Å². The first-order valence-corrected chi connectivity index (χ1v) is 12.0. The number of piperidine rings is 1. The molecular weight excluding hydrogens is 429 g/mol. The molecule has 2 heterocycles. The molecule has 1 N–H and O–H groups in total. The van der Waals surface area contributed by atoms with Crippen LogP contribution in [-0.4, -0.2) is 39.6 Å². The molecule has 5 nitrogen and oxygen atoms in total. The highest BCUT2D eigenvalue weighted by Gasteiger charge is 2.46. The lowest BCUT2D eigenvalue weighted by atomic mass is 9.86. The molecule has 3 aliphatic rings. The summed E-state index contributed by atoms with van der Waals surface area (Å²) in [7, 11) is 0. The van der Waals surface area contributed by atoms with E-state index in [4.69, 9.17) is 0 Å². The molecule has 6 heteroatoms. The second kappa shape index (κ2) is 7.61. The molecule has 1 aliphatic heterocycles. The Kier molecular flexibility index (Phi) is 4.76. The molecule has 0 radical (unpaired) electrons. The summed E-state index contributed by atoms with van der Waals surface area (Å²) in [6, 6.07) is 14.6. The minimum Gasteiger partial charge on any atom is -0.389 e. The van der Waals surface area contributed by atoms with E-state index < -0.39 is 11.0 Å². The van der Waals surface area contributed by atoms with E-state index in [9.17, 15) is 19.6 Å². The van der Waals surface area contributed by atoms with E-state index in [1.165, 1.54) is 12.1 Å². The fraction of sp³-hybridized carbons (Fsp3) is 0.393. The van der Waals surface area contributed by atoms with E-state index in [1.54, 1.807) is 17.2 Å². The monoisotopic (exact) mass is 455 g/mol. The zero-order chi connectivity index (χ0) is 23.5. The van der Waals surface area contributed by atoms with Gasteiger partial charge in [-0.05, 0) is 73.8 Å². The minimum absolute atomic E-state index is 0.147. The number of benzene rings is 2. The van der Waals surface area contributed by atoms with Crippen molar-refractivity contribution in [2.24, 2.45) is 5.92 Å². The van der Waals surface area contributed by atoms with Gasteiger partial charge in [-0.1, -0.05) is 24.3 Å².